The van der Waals surface area contributed by atoms with Crippen LogP contribution in [0.5, 0.6) is 0 Å². The summed E-state index contributed by atoms with van der Waals surface area (Å²) in [5, 5.41) is 13.6. The number of rotatable bonds is 40. The summed E-state index contributed by atoms with van der Waals surface area (Å²) in [6.07, 6.45) is 48.7. The summed E-state index contributed by atoms with van der Waals surface area (Å²) < 4.78 is 22.1. The van der Waals surface area contributed by atoms with Crippen molar-refractivity contribution in [2.45, 2.75) is 206 Å². The van der Waals surface area contributed by atoms with Crippen molar-refractivity contribution in [3.63, 3.8) is 0 Å². The molecule has 0 aromatic heterocycles. The largest absolute Gasteiger partial charge is 0.472 e. The third-order valence-electron chi connectivity index (χ3n) is 9.38. The van der Waals surface area contributed by atoms with E-state index in [9.17, 15) is 19.4 Å². The van der Waals surface area contributed by atoms with Gasteiger partial charge in [0.2, 0.25) is 5.91 Å². The second-order valence-corrected chi connectivity index (χ2v) is 16.0. The Balaban J connectivity index is 4.31. The number of unbranched alkanes of at least 4 members (excludes halogenated alkanes) is 22. The minimum atomic E-state index is -4.35. The Bertz CT molecular complexity index is 970. The molecular formula is C44H83N2O6P. The van der Waals surface area contributed by atoms with Crippen LogP contribution in [0.25, 0.3) is 0 Å². The molecule has 0 saturated carbocycles. The minimum Gasteiger partial charge on any atom is -0.387 e. The predicted molar refractivity (Wildman–Crippen MR) is 226 cm³/mol. The van der Waals surface area contributed by atoms with Gasteiger partial charge in [-0.25, -0.2) is 4.57 Å². The van der Waals surface area contributed by atoms with Gasteiger partial charge in [0.1, 0.15) is 0 Å². The van der Waals surface area contributed by atoms with E-state index in [4.69, 9.17) is 14.8 Å². The Morgan fingerprint density at radius 2 is 1.06 bits per heavy atom. The molecular weight excluding hydrogens is 683 g/mol. The number of carbonyl (C=O) groups excluding carboxylic acids is 1. The molecule has 3 unspecified atom stereocenters. The number of nitrogens with one attached hydrogen (secondary N) is 1. The smallest absolute Gasteiger partial charge is 0.387 e. The first-order chi connectivity index (χ1) is 25.9. The van der Waals surface area contributed by atoms with E-state index in [0.717, 1.165) is 64.2 Å². The van der Waals surface area contributed by atoms with Crippen LogP contribution in [0, 0.1) is 0 Å². The molecule has 0 aromatic carbocycles. The number of hydrogen-bond donors (Lipinski definition) is 4. The highest BCUT2D eigenvalue weighted by Crippen LogP contribution is 2.43. The standard InChI is InChI=1S/C44H83N2O6P/c1-3-5-7-9-11-13-15-17-19-21-22-23-25-27-29-31-33-35-37-43(47)42(41-52-53(49,50)51-40-39-45)46-44(48)38-36-34-32-30-28-26-24-20-18-16-14-12-10-8-6-4-2/h14,16,20,24,27,29,35,37,42-43,47H,3-13,15,17-19,21-23,25-26,28,30-34,36,38-41,45H2,1-2H3,(H,46,48)(H,49,50)/b16-14-,24-20-,29-27+,37-35+. The first-order valence-electron chi connectivity index (χ1n) is 21.8. The van der Waals surface area contributed by atoms with E-state index in [1.165, 1.54) is 109 Å². The number of phosphoric ester groups is 1. The number of carbonyl (C=O) groups is 1. The van der Waals surface area contributed by atoms with Gasteiger partial charge in [0.25, 0.3) is 0 Å². The first kappa shape index (κ1) is 51.5. The van der Waals surface area contributed by atoms with Crippen LogP contribution in [0.15, 0.2) is 48.6 Å². The van der Waals surface area contributed by atoms with Gasteiger partial charge in [-0.2, -0.15) is 0 Å². The molecule has 0 fully saturated rings. The molecule has 0 radical (unpaired) electrons. The second-order valence-electron chi connectivity index (χ2n) is 14.5. The van der Waals surface area contributed by atoms with Crippen LogP contribution in [-0.4, -0.2) is 47.8 Å². The van der Waals surface area contributed by atoms with Crippen molar-refractivity contribution in [2.24, 2.45) is 5.73 Å². The third kappa shape index (κ3) is 38.5. The highest BCUT2D eigenvalue weighted by Gasteiger charge is 2.26. The van der Waals surface area contributed by atoms with Crippen LogP contribution in [0.2, 0.25) is 0 Å². The number of phosphoric acid groups is 1. The van der Waals surface area contributed by atoms with Crippen LogP contribution in [0.3, 0.4) is 0 Å². The van der Waals surface area contributed by atoms with Gasteiger partial charge in [-0.15, -0.1) is 0 Å². The Morgan fingerprint density at radius 1 is 0.623 bits per heavy atom. The van der Waals surface area contributed by atoms with Crippen LogP contribution in [0.1, 0.15) is 194 Å². The lowest BCUT2D eigenvalue weighted by Crippen LogP contribution is -2.45. The van der Waals surface area contributed by atoms with E-state index < -0.39 is 20.0 Å². The lowest BCUT2D eigenvalue weighted by atomic mass is 10.0. The van der Waals surface area contributed by atoms with E-state index in [1.807, 2.05) is 6.08 Å². The van der Waals surface area contributed by atoms with E-state index in [-0.39, 0.29) is 25.7 Å². The Kier molecular flexibility index (Phi) is 39.0. The fraction of sp³-hybridized carbons (Fsp3) is 0.795. The van der Waals surface area contributed by atoms with Crippen molar-refractivity contribution >= 4 is 13.7 Å². The molecule has 0 heterocycles. The van der Waals surface area contributed by atoms with Crippen molar-refractivity contribution in [3.8, 4) is 0 Å². The zero-order valence-corrected chi connectivity index (χ0v) is 35.1. The summed E-state index contributed by atoms with van der Waals surface area (Å²) in [5.41, 5.74) is 5.37. The molecule has 0 aliphatic rings. The molecule has 310 valence electrons. The van der Waals surface area contributed by atoms with Crippen molar-refractivity contribution in [1.82, 2.24) is 5.32 Å². The fourth-order valence-corrected chi connectivity index (χ4v) is 6.82. The lowest BCUT2D eigenvalue weighted by molar-refractivity contribution is -0.123. The second kappa shape index (κ2) is 40.1. The Labute approximate surface area is 326 Å². The Morgan fingerprint density at radius 3 is 1.58 bits per heavy atom. The molecule has 1 amide bonds. The molecule has 8 nitrogen and oxygen atoms in total. The molecule has 0 rings (SSSR count). The quantitative estimate of drug-likeness (QED) is 0.0277. The van der Waals surface area contributed by atoms with Gasteiger partial charge in [0.05, 0.1) is 25.4 Å². The Hall–Kier alpha value is -1.54. The van der Waals surface area contributed by atoms with E-state index in [1.54, 1.807) is 6.08 Å². The number of hydrogen-bond acceptors (Lipinski definition) is 6. The molecule has 3 atom stereocenters. The number of amides is 1. The first-order valence-corrected chi connectivity index (χ1v) is 23.3. The summed E-state index contributed by atoms with van der Waals surface area (Å²) in [6, 6.07) is -0.885. The van der Waals surface area contributed by atoms with E-state index in [2.05, 4.69) is 55.6 Å². The predicted octanol–water partition coefficient (Wildman–Crippen LogP) is 12.1. The summed E-state index contributed by atoms with van der Waals surface area (Å²) in [5.74, 6) is -0.219. The molecule has 0 spiro atoms. The highest BCUT2D eigenvalue weighted by atomic mass is 31.2. The molecule has 5 N–H and O–H groups in total. The van der Waals surface area contributed by atoms with Crippen LogP contribution in [-0.2, 0) is 18.4 Å². The average molecular weight is 767 g/mol. The van der Waals surface area contributed by atoms with Crippen molar-refractivity contribution in [1.29, 1.82) is 0 Å². The van der Waals surface area contributed by atoms with Gasteiger partial charge in [-0.05, 0) is 64.2 Å². The monoisotopic (exact) mass is 767 g/mol. The van der Waals surface area contributed by atoms with E-state index >= 15 is 0 Å². The normalized spacial score (nSPS) is 14.6. The van der Waals surface area contributed by atoms with Gasteiger partial charge in [-0.3, -0.25) is 13.8 Å². The SMILES string of the molecule is CCCCCC/C=C\C/C=C\CCCCCCCC(=O)NC(COP(=O)(O)OCCN)C(O)/C=C/CC/C=C/CCCCCCCCCCCCCC. The maximum absolute atomic E-state index is 12.7. The zero-order chi connectivity index (χ0) is 38.9. The molecule has 0 aromatic rings. The fourth-order valence-electron chi connectivity index (χ4n) is 6.06. The van der Waals surface area contributed by atoms with E-state index in [0.29, 0.717) is 6.42 Å². The van der Waals surface area contributed by atoms with Gasteiger partial charge in [-0.1, -0.05) is 172 Å². The molecule has 9 heteroatoms. The van der Waals surface area contributed by atoms with Crippen molar-refractivity contribution in [2.75, 3.05) is 19.8 Å². The van der Waals surface area contributed by atoms with Gasteiger partial charge < -0.3 is 21.1 Å². The highest BCUT2D eigenvalue weighted by molar-refractivity contribution is 7.47. The van der Waals surface area contributed by atoms with Crippen molar-refractivity contribution < 1.29 is 28.4 Å². The van der Waals surface area contributed by atoms with Gasteiger partial charge >= 0.3 is 7.82 Å². The summed E-state index contributed by atoms with van der Waals surface area (Å²) in [6.45, 7) is 4.08. The van der Waals surface area contributed by atoms with Crippen LogP contribution >= 0.6 is 7.82 Å². The number of allylic oxidation sites excluding steroid dienone is 7. The molecule has 0 saturated heterocycles. The zero-order valence-electron chi connectivity index (χ0n) is 34.2. The van der Waals surface area contributed by atoms with Crippen LogP contribution < -0.4 is 11.1 Å². The lowest BCUT2D eigenvalue weighted by Gasteiger charge is -2.23. The summed E-state index contributed by atoms with van der Waals surface area (Å²) >= 11 is 0. The van der Waals surface area contributed by atoms with Crippen LogP contribution in [0.4, 0.5) is 0 Å². The summed E-state index contributed by atoms with van der Waals surface area (Å²) in [7, 11) is -4.35. The molecule has 53 heavy (non-hydrogen) atoms. The van der Waals surface area contributed by atoms with Crippen molar-refractivity contribution in [3.05, 3.63) is 48.6 Å². The number of aliphatic hydroxyl groups is 1. The third-order valence-corrected chi connectivity index (χ3v) is 10.4. The average Bonchev–Trinajstić information content (AvgIpc) is 3.14. The van der Waals surface area contributed by atoms with Gasteiger partial charge in [0.15, 0.2) is 0 Å². The molecule has 0 bridgehead atoms. The maximum atomic E-state index is 12.7. The minimum absolute atomic E-state index is 0.0703. The molecule has 0 aliphatic carbocycles. The number of nitrogens with two attached hydrogens (primary N) is 1. The topological polar surface area (TPSA) is 131 Å². The van der Waals surface area contributed by atoms with Gasteiger partial charge in [0, 0.05) is 13.0 Å². The maximum Gasteiger partial charge on any atom is 0.472 e. The molecule has 0 aliphatic heterocycles. The number of aliphatic hydroxyl groups excluding tert-OH is 1. The summed E-state index contributed by atoms with van der Waals surface area (Å²) in [4.78, 5) is 22.7.